The Hall–Kier alpha value is -3.01. The van der Waals surface area contributed by atoms with E-state index in [1.54, 1.807) is 39.8 Å². The lowest BCUT2D eigenvalue weighted by Gasteiger charge is -2.34. The molecule has 3 amide bonds. The molecule has 9 nitrogen and oxygen atoms in total. The van der Waals surface area contributed by atoms with E-state index in [-0.39, 0.29) is 26.1 Å². The predicted octanol–water partition coefficient (Wildman–Crippen LogP) is 4.07. The number of carbonyl (C=O) groups is 4. The van der Waals surface area contributed by atoms with Crippen LogP contribution in [0.25, 0.3) is 0 Å². The van der Waals surface area contributed by atoms with Crippen molar-refractivity contribution in [1.82, 2.24) is 15.5 Å². The number of carbonyl (C=O) groups excluding carboxylic acids is 4. The molecule has 0 aliphatic heterocycles. The fraction of sp³-hybridized carbons (Fsp3) is 0.571. The highest BCUT2D eigenvalue weighted by molar-refractivity contribution is 7.98. The van der Waals surface area contributed by atoms with Gasteiger partial charge in [0.2, 0.25) is 11.8 Å². The fourth-order valence-electron chi connectivity index (χ4n) is 3.74. The zero-order valence-corrected chi connectivity index (χ0v) is 24.5. The number of nitrogens with zero attached hydrogens (tertiary/aromatic N) is 1. The molecule has 0 radical (unpaired) electrons. The van der Waals surface area contributed by atoms with E-state index in [2.05, 4.69) is 17.2 Å². The molecule has 2 atom stereocenters. The molecular weight excluding hydrogens is 506 g/mol. The van der Waals surface area contributed by atoms with E-state index < -0.39 is 41.6 Å². The zero-order valence-electron chi connectivity index (χ0n) is 23.7. The van der Waals surface area contributed by atoms with Crippen LogP contribution in [0.1, 0.15) is 63.3 Å². The molecule has 0 saturated carbocycles. The molecule has 1 aromatic rings. The standard InChI is InChI=1S/C28H43N3O6S/c1-9-17-31(26(34)22(15-18-38-8)30-27(35)37-28(5,6)7)24(21-13-11-12-19(3)20(21)4)25(33)29-16-14-23(32)36-10-2/h9,11-13,22,24H,1,10,14-18H2,2-8H3,(H,29,33)(H,30,35). The molecular formula is C28H43N3O6S. The van der Waals surface area contributed by atoms with Crippen LogP contribution in [-0.2, 0) is 23.9 Å². The van der Waals surface area contributed by atoms with Crippen molar-refractivity contribution >= 4 is 35.6 Å². The molecule has 38 heavy (non-hydrogen) atoms. The van der Waals surface area contributed by atoms with Gasteiger partial charge < -0.3 is 25.0 Å². The molecule has 0 aromatic heterocycles. The molecule has 1 aromatic carbocycles. The van der Waals surface area contributed by atoms with Gasteiger partial charge in [0.15, 0.2) is 0 Å². The average Bonchev–Trinajstić information content (AvgIpc) is 2.82. The van der Waals surface area contributed by atoms with Gasteiger partial charge in [-0.15, -0.1) is 6.58 Å². The van der Waals surface area contributed by atoms with Crippen molar-refractivity contribution in [2.24, 2.45) is 0 Å². The van der Waals surface area contributed by atoms with Gasteiger partial charge in [0.25, 0.3) is 0 Å². The molecule has 0 aliphatic carbocycles. The van der Waals surface area contributed by atoms with Crippen molar-refractivity contribution in [3.63, 3.8) is 0 Å². The van der Waals surface area contributed by atoms with Crippen molar-refractivity contribution in [2.75, 3.05) is 31.7 Å². The first-order chi connectivity index (χ1) is 17.9. The molecule has 2 N–H and O–H groups in total. The van der Waals surface area contributed by atoms with Crippen molar-refractivity contribution in [2.45, 2.75) is 72.1 Å². The van der Waals surface area contributed by atoms with Crippen LogP contribution >= 0.6 is 11.8 Å². The number of alkyl carbamates (subject to hydrolysis) is 1. The molecule has 0 bridgehead atoms. The molecule has 0 heterocycles. The maximum atomic E-state index is 14.0. The molecule has 0 saturated heterocycles. The quantitative estimate of drug-likeness (QED) is 0.266. The molecule has 2 unspecified atom stereocenters. The SMILES string of the molecule is C=CCN(C(=O)C(CCSC)NC(=O)OC(C)(C)C)C(C(=O)NCCC(=O)OCC)c1cccc(C)c1C. The lowest BCUT2D eigenvalue weighted by molar-refractivity contribution is -0.144. The van der Waals surface area contributed by atoms with Gasteiger partial charge in [-0.05, 0) is 76.7 Å². The number of aryl methyl sites for hydroxylation is 1. The summed E-state index contributed by atoms with van der Waals surface area (Å²) in [5.41, 5.74) is 1.73. The first kappa shape index (κ1) is 33.0. The predicted molar refractivity (Wildman–Crippen MR) is 151 cm³/mol. The van der Waals surface area contributed by atoms with Gasteiger partial charge >= 0.3 is 12.1 Å². The Bertz CT molecular complexity index is 976. The van der Waals surface area contributed by atoms with Gasteiger partial charge in [0.05, 0.1) is 13.0 Å². The number of benzene rings is 1. The Balaban J connectivity index is 3.42. The highest BCUT2D eigenvalue weighted by atomic mass is 32.2. The van der Waals surface area contributed by atoms with E-state index in [0.29, 0.717) is 17.7 Å². The first-order valence-corrected chi connectivity index (χ1v) is 14.1. The average molecular weight is 550 g/mol. The maximum absolute atomic E-state index is 14.0. The summed E-state index contributed by atoms with van der Waals surface area (Å²) < 4.78 is 10.3. The Kier molecular flexibility index (Phi) is 14.0. The molecule has 0 aliphatic rings. The van der Waals surface area contributed by atoms with E-state index in [1.165, 1.54) is 16.7 Å². The Labute approximate surface area is 231 Å². The van der Waals surface area contributed by atoms with Crippen molar-refractivity contribution in [3.05, 3.63) is 47.5 Å². The maximum Gasteiger partial charge on any atom is 0.408 e. The Morgan fingerprint density at radius 1 is 1.18 bits per heavy atom. The number of nitrogens with one attached hydrogen (secondary N) is 2. The second kappa shape index (κ2) is 16.1. The van der Waals surface area contributed by atoms with Gasteiger partial charge in [0.1, 0.15) is 17.7 Å². The lowest BCUT2D eigenvalue weighted by atomic mass is 9.95. The van der Waals surface area contributed by atoms with Crippen molar-refractivity contribution in [1.29, 1.82) is 0 Å². The number of ether oxygens (including phenoxy) is 2. The monoisotopic (exact) mass is 549 g/mol. The summed E-state index contributed by atoms with van der Waals surface area (Å²) in [6, 6.07) is 3.63. The minimum atomic E-state index is -1.01. The summed E-state index contributed by atoms with van der Waals surface area (Å²) in [5, 5.41) is 5.48. The summed E-state index contributed by atoms with van der Waals surface area (Å²) in [7, 11) is 0. The summed E-state index contributed by atoms with van der Waals surface area (Å²) in [4.78, 5) is 53.4. The molecule has 0 fully saturated rings. The van der Waals surface area contributed by atoms with Crippen LogP contribution in [0.3, 0.4) is 0 Å². The van der Waals surface area contributed by atoms with Crippen LogP contribution in [0.2, 0.25) is 0 Å². The fourth-order valence-corrected chi connectivity index (χ4v) is 4.21. The first-order valence-electron chi connectivity index (χ1n) is 12.8. The Morgan fingerprint density at radius 3 is 2.45 bits per heavy atom. The molecule has 10 heteroatoms. The summed E-state index contributed by atoms with van der Waals surface area (Å²) in [5.74, 6) is -0.697. The summed E-state index contributed by atoms with van der Waals surface area (Å²) >= 11 is 1.54. The van der Waals surface area contributed by atoms with E-state index in [0.717, 1.165) is 11.1 Å². The minimum absolute atomic E-state index is 0.00501. The lowest BCUT2D eigenvalue weighted by Crippen LogP contribution is -2.53. The third-order valence-electron chi connectivity index (χ3n) is 5.64. The van der Waals surface area contributed by atoms with Gasteiger partial charge in [-0.1, -0.05) is 24.3 Å². The molecule has 0 spiro atoms. The van der Waals surface area contributed by atoms with Crippen LogP contribution in [-0.4, -0.2) is 72.1 Å². The summed E-state index contributed by atoms with van der Waals surface area (Å²) in [6.07, 6.45) is 3.09. The number of hydrogen-bond donors (Lipinski definition) is 2. The minimum Gasteiger partial charge on any atom is -0.466 e. The van der Waals surface area contributed by atoms with Gasteiger partial charge in [-0.3, -0.25) is 14.4 Å². The highest BCUT2D eigenvalue weighted by Crippen LogP contribution is 2.28. The number of esters is 1. The van der Waals surface area contributed by atoms with Crippen LogP contribution in [0.5, 0.6) is 0 Å². The van der Waals surface area contributed by atoms with Gasteiger partial charge in [-0.25, -0.2) is 4.79 Å². The molecule has 1 rings (SSSR count). The van der Waals surface area contributed by atoms with E-state index in [9.17, 15) is 19.2 Å². The third kappa shape index (κ3) is 10.8. The second-order valence-corrected chi connectivity index (χ2v) is 10.8. The number of thioether (sulfide) groups is 1. The Morgan fingerprint density at radius 2 is 1.87 bits per heavy atom. The number of hydrogen-bond acceptors (Lipinski definition) is 7. The third-order valence-corrected chi connectivity index (χ3v) is 6.29. The van der Waals surface area contributed by atoms with Gasteiger partial charge in [0, 0.05) is 13.1 Å². The topological polar surface area (TPSA) is 114 Å². The zero-order chi connectivity index (χ0) is 28.9. The molecule has 212 valence electrons. The van der Waals surface area contributed by atoms with Crippen molar-refractivity contribution < 1.29 is 28.7 Å². The largest absolute Gasteiger partial charge is 0.466 e. The second-order valence-electron chi connectivity index (χ2n) is 9.80. The number of rotatable bonds is 14. The van der Waals surface area contributed by atoms with Crippen LogP contribution < -0.4 is 10.6 Å². The van der Waals surface area contributed by atoms with E-state index in [4.69, 9.17) is 9.47 Å². The van der Waals surface area contributed by atoms with E-state index >= 15 is 0 Å². The van der Waals surface area contributed by atoms with Crippen LogP contribution in [0.15, 0.2) is 30.9 Å². The van der Waals surface area contributed by atoms with Crippen LogP contribution in [0, 0.1) is 13.8 Å². The summed E-state index contributed by atoms with van der Waals surface area (Å²) in [6.45, 7) is 14.9. The van der Waals surface area contributed by atoms with Crippen LogP contribution in [0.4, 0.5) is 4.79 Å². The smallest absolute Gasteiger partial charge is 0.408 e. The number of amides is 3. The van der Waals surface area contributed by atoms with E-state index in [1.807, 2.05) is 32.2 Å². The van der Waals surface area contributed by atoms with Crippen molar-refractivity contribution in [3.8, 4) is 0 Å². The normalized spacial score (nSPS) is 12.6. The highest BCUT2D eigenvalue weighted by Gasteiger charge is 2.36. The van der Waals surface area contributed by atoms with Gasteiger partial charge in [-0.2, -0.15) is 11.8 Å².